The Labute approximate surface area is 111 Å². The molecular weight excluding hydrogens is 276 g/mol. The molecule has 2 aromatic rings. The largest absolute Gasteiger partial charge is 0.475 e. The van der Waals surface area contributed by atoms with Crippen molar-refractivity contribution in [3.63, 3.8) is 0 Å². The summed E-state index contributed by atoms with van der Waals surface area (Å²) in [4.78, 5) is 23.4. The van der Waals surface area contributed by atoms with Crippen LogP contribution in [0.5, 0.6) is 0 Å². The first-order chi connectivity index (χ1) is 8.56. The van der Waals surface area contributed by atoms with Gasteiger partial charge in [0.1, 0.15) is 6.26 Å². The lowest BCUT2D eigenvalue weighted by Gasteiger charge is -2.01. The van der Waals surface area contributed by atoms with Crippen LogP contribution in [0.2, 0.25) is 5.02 Å². The highest BCUT2D eigenvalue weighted by Crippen LogP contribution is 2.26. The predicted molar refractivity (Wildman–Crippen MR) is 67.5 cm³/mol. The Bertz CT molecular complexity index is 633. The van der Waals surface area contributed by atoms with Gasteiger partial charge in [0.15, 0.2) is 5.43 Å². The summed E-state index contributed by atoms with van der Waals surface area (Å²) >= 11 is 6.93. The molecule has 0 saturated carbocycles. The number of halogens is 1. The Morgan fingerprint density at radius 1 is 1.28 bits per heavy atom. The standard InChI is InChI=1S/C12H7ClO4S/c13-7-1-3-8(4-2-7)18-11-6-17-10(12(15)16)5-9(11)14/h1-6H,(H,15,16). The molecule has 0 aliphatic carbocycles. The Hall–Kier alpha value is -1.72. The van der Waals surface area contributed by atoms with Crippen LogP contribution in [0, 0.1) is 0 Å². The molecule has 0 radical (unpaired) electrons. The lowest BCUT2D eigenvalue weighted by Crippen LogP contribution is -2.07. The van der Waals surface area contributed by atoms with Crippen LogP contribution in [0.25, 0.3) is 0 Å². The lowest BCUT2D eigenvalue weighted by molar-refractivity contribution is 0.0658. The van der Waals surface area contributed by atoms with Gasteiger partial charge in [0.2, 0.25) is 5.76 Å². The molecule has 0 fully saturated rings. The zero-order chi connectivity index (χ0) is 13.1. The van der Waals surface area contributed by atoms with Crippen molar-refractivity contribution >= 4 is 29.3 Å². The van der Waals surface area contributed by atoms with Crippen molar-refractivity contribution in [3.8, 4) is 0 Å². The van der Waals surface area contributed by atoms with Crippen LogP contribution >= 0.6 is 23.4 Å². The number of benzene rings is 1. The summed E-state index contributed by atoms with van der Waals surface area (Å²) in [5.41, 5.74) is -0.390. The summed E-state index contributed by atoms with van der Waals surface area (Å²) in [6.07, 6.45) is 1.14. The maximum absolute atomic E-state index is 11.6. The minimum Gasteiger partial charge on any atom is -0.475 e. The second-order valence-corrected chi connectivity index (χ2v) is 4.89. The number of aromatic carboxylic acids is 1. The SMILES string of the molecule is O=C(O)c1cc(=O)c(Sc2ccc(Cl)cc2)co1. The average Bonchev–Trinajstić information content (AvgIpc) is 2.34. The van der Waals surface area contributed by atoms with Gasteiger partial charge in [0.25, 0.3) is 0 Å². The highest BCUT2D eigenvalue weighted by Gasteiger charge is 2.10. The first-order valence-electron chi connectivity index (χ1n) is 4.86. The molecule has 0 saturated heterocycles. The van der Waals surface area contributed by atoms with Gasteiger partial charge < -0.3 is 9.52 Å². The van der Waals surface area contributed by atoms with E-state index in [0.717, 1.165) is 17.2 Å². The quantitative estimate of drug-likeness (QED) is 0.937. The molecule has 1 aromatic carbocycles. The van der Waals surface area contributed by atoms with E-state index >= 15 is 0 Å². The Morgan fingerprint density at radius 3 is 2.50 bits per heavy atom. The molecule has 0 spiro atoms. The second-order valence-electron chi connectivity index (χ2n) is 3.33. The third-order valence-corrected chi connectivity index (χ3v) is 3.33. The van der Waals surface area contributed by atoms with Crippen molar-refractivity contribution in [1.29, 1.82) is 0 Å². The number of hydrogen-bond donors (Lipinski definition) is 1. The molecule has 0 atom stereocenters. The normalized spacial score (nSPS) is 10.3. The molecule has 18 heavy (non-hydrogen) atoms. The van der Waals surface area contributed by atoms with Gasteiger partial charge in [-0.25, -0.2) is 4.79 Å². The fourth-order valence-corrected chi connectivity index (χ4v) is 2.12. The van der Waals surface area contributed by atoms with E-state index in [9.17, 15) is 9.59 Å². The molecule has 4 nitrogen and oxygen atoms in total. The molecule has 92 valence electrons. The van der Waals surface area contributed by atoms with Crippen LogP contribution in [-0.4, -0.2) is 11.1 Å². The first-order valence-corrected chi connectivity index (χ1v) is 6.05. The van der Waals surface area contributed by atoms with E-state index in [1.807, 2.05) is 0 Å². The smallest absolute Gasteiger partial charge is 0.371 e. The zero-order valence-corrected chi connectivity index (χ0v) is 10.5. The van der Waals surface area contributed by atoms with Gasteiger partial charge in [-0.1, -0.05) is 23.4 Å². The third kappa shape index (κ3) is 2.94. The predicted octanol–water partition coefficient (Wildman–Crippen LogP) is 3.14. The van der Waals surface area contributed by atoms with Crippen LogP contribution in [0.3, 0.4) is 0 Å². The van der Waals surface area contributed by atoms with E-state index in [2.05, 4.69) is 0 Å². The highest BCUT2D eigenvalue weighted by atomic mass is 35.5. The van der Waals surface area contributed by atoms with E-state index in [1.165, 1.54) is 11.8 Å². The van der Waals surface area contributed by atoms with Crippen LogP contribution in [0.15, 0.2) is 55.6 Å². The summed E-state index contributed by atoms with van der Waals surface area (Å²) in [7, 11) is 0. The fourth-order valence-electron chi connectivity index (χ4n) is 1.22. The van der Waals surface area contributed by atoms with E-state index in [-0.39, 0.29) is 5.76 Å². The average molecular weight is 283 g/mol. The zero-order valence-electron chi connectivity index (χ0n) is 8.92. The van der Waals surface area contributed by atoms with Gasteiger partial charge in [-0.3, -0.25) is 4.79 Å². The van der Waals surface area contributed by atoms with Gasteiger partial charge in [-0.05, 0) is 24.3 Å². The van der Waals surface area contributed by atoms with Crippen LogP contribution in [-0.2, 0) is 0 Å². The molecule has 1 heterocycles. The molecule has 0 unspecified atom stereocenters. The Morgan fingerprint density at radius 2 is 1.94 bits per heavy atom. The van der Waals surface area contributed by atoms with Gasteiger partial charge >= 0.3 is 5.97 Å². The molecule has 6 heteroatoms. The highest BCUT2D eigenvalue weighted by molar-refractivity contribution is 7.99. The summed E-state index contributed by atoms with van der Waals surface area (Å²) in [6, 6.07) is 7.89. The van der Waals surface area contributed by atoms with Crippen molar-refractivity contribution in [1.82, 2.24) is 0 Å². The fraction of sp³-hybridized carbons (Fsp3) is 0. The number of carbonyl (C=O) groups is 1. The van der Waals surface area contributed by atoms with Crippen molar-refractivity contribution in [3.05, 3.63) is 57.6 Å². The topological polar surface area (TPSA) is 67.5 Å². The Balaban J connectivity index is 2.27. The van der Waals surface area contributed by atoms with Gasteiger partial charge in [-0.2, -0.15) is 0 Å². The second kappa shape index (κ2) is 5.29. The maximum Gasteiger partial charge on any atom is 0.371 e. The summed E-state index contributed by atoms with van der Waals surface area (Å²) in [6.45, 7) is 0. The molecule has 0 bridgehead atoms. The molecule has 0 aliphatic rings. The van der Waals surface area contributed by atoms with Gasteiger partial charge in [-0.15, -0.1) is 0 Å². The van der Waals surface area contributed by atoms with Crippen LogP contribution < -0.4 is 5.43 Å². The monoisotopic (exact) mass is 282 g/mol. The van der Waals surface area contributed by atoms with Crippen molar-refractivity contribution in [2.24, 2.45) is 0 Å². The number of rotatable bonds is 3. The summed E-state index contributed by atoms with van der Waals surface area (Å²) in [5, 5.41) is 9.27. The minimum absolute atomic E-state index is 0.322. The molecule has 0 amide bonds. The van der Waals surface area contributed by atoms with Gasteiger partial charge in [0.05, 0.1) is 4.90 Å². The third-order valence-electron chi connectivity index (χ3n) is 2.05. The molecule has 2 rings (SSSR count). The number of carboxylic acid groups (broad SMARTS) is 1. The summed E-state index contributed by atoms with van der Waals surface area (Å²) < 4.78 is 4.85. The minimum atomic E-state index is -1.27. The van der Waals surface area contributed by atoms with E-state index in [1.54, 1.807) is 24.3 Å². The van der Waals surface area contributed by atoms with Crippen molar-refractivity contribution in [2.45, 2.75) is 9.79 Å². The number of hydrogen-bond acceptors (Lipinski definition) is 4. The van der Waals surface area contributed by atoms with E-state index < -0.39 is 11.4 Å². The van der Waals surface area contributed by atoms with E-state index in [0.29, 0.717) is 9.92 Å². The molecular formula is C12H7ClO4S. The first kappa shape index (κ1) is 12.7. The maximum atomic E-state index is 11.6. The molecule has 1 aromatic heterocycles. The van der Waals surface area contributed by atoms with Gasteiger partial charge in [0, 0.05) is 16.0 Å². The van der Waals surface area contributed by atoms with Crippen molar-refractivity contribution < 1.29 is 14.3 Å². The molecule has 0 aliphatic heterocycles. The number of carboxylic acids is 1. The summed E-state index contributed by atoms with van der Waals surface area (Å²) in [5.74, 6) is -1.64. The van der Waals surface area contributed by atoms with Crippen LogP contribution in [0.1, 0.15) is 10.6 Å². The van der Waals surface area contributed by atoms with Crippen molar-refractivity contribution in [2.75, 3.05) is 0 Å². The molecule has 1 N–H and O–H groups in total. The van der Waals surface area contributed by atoms with E-state index in [4.69, 9.17) is 21.1 Å². The van der Waals surface area contributed by atoms with Crippen LogP contribution in [0.4, 0.5) is 0 Å². The lowest BCUT2D eigenvalue weighted by atomic mass is 10.4. The Kier molecular flexibility index (Phi) is 3.74.